The number of carbonyl (C=O) groups excluding carboxylic acids is 1. The molecule has 0 bridgehead atoms. The van der Waals surface area contributed by atoms with Crippen LogP contribution in [-0.4, -0.2) is 17.1 Å². The summed E-state index contributed by atoms with van der Waals surface area (Å²) >= 11 is 12.5. The average molecular weight is 511 g/mol. The number of alkyl halides is 2. The Kier molecular flexibility index (Phi) is 6.09. The molecule has 0 saturated heterocycles. The molecule has 1 aromatic heterocycles. The van der Waals surface area contributed by atoms with Crippen molar-refractivity contribution >= 4 is 50.9 Å². The predicted octanol–water partition coefficient (Wildman–Crippen LogP) is 7.52. The molecule has 0 aliphatic carbocycles. The van der Waals surface area contributed by atoms with Crippen LogP contribution in [0, 0.1) is 0 Å². The summed E-state index contributed by atoms with van der Waals surface area (Å²) in [6.07, 6.45) is 0. The van der Waals surface area contributed by atoms with Crippen LogP contribution in [0.15, 0.2) is 78.9 Å². The number of halogens is 4. The van der Waals surface area contributed by atoms with E-state index in [1.165, 1.54) is 12.1 Å². The molecule has 1 heterocycles. The molecule has 1 amide bonds. The van der Waals surface area contributed by atoms with Crippen LogP contribution in [0.5, 0.6) is 5.75 Å². The maximum atomic E-state index is 12.5. The van der Waals surface area contributed by atoms with Gasteiger partial charge in [-0.05, 0) is 53.6 Å². The standard InChI is InChI=1S/C27H18Cl2F2N2O2/c28-17-7-11-19(22(29)13-17)16-6-10-20-24(12-16)33(23-3-1-2-21(25(20)23)26(32)34)14-15-4-8-18(9-5-15)35-27(30)31/h1-13,27H,14H2,(H2,32,34). The summed E-state index contributed by atoms with van der Waals surface area (Å²) in [4.78, 5) is 12.2. The molecule has 176 valence electrons. The van der Waals surface area contributed by atoms with Crippen molar-refractivity contribution in [3.63, 3.8) is 0 Å². The molecule has 0 radical (unpaired) electrons. The maximum absolute atomic E-state index is 12.5. The molecule has 0 atom stereocenters. The van der Waals surface area contributed by atoms with E-state index < -0.39 is 12.5 Å². The summed E-state index contributed by atoms with van der Waals surface area (Å²) < 4.78 is 31.6. The molecule has 0 unspecified atom stereocenters. The van der Waals surface area contributed by atoms with Gasteiger partial charge < -0.3 is 15.0 Å². The third kappa shape index (κ3) is 4.43. The number of hydrogen-bond donors (Lipinski definition) is 1. The van der Waals surface area contributed by atoms with E-state index in [9.17, 15) is 13.6 Å². The molecular weight excluding hydrogens is 493 g/mol. The normalized spacial score (nSPS) is 11.5. The third-order valence-electron chi connectivity index (χ3n) is 5.89. The second-order valence-corrected chi connectivity index (χ2v) is 8.87. The lowest BCUT2D eigenvalue weighted by Crippen LogP contribution is -2.11. The lowest BCUT2D eigenvalue weighted by atomic mass is 10.0. The first-order valence-electron chi connectivity index (χ1n) is 10.7. The number of carbonyl (C=O) groups is 1. The first-order chi connectivity index (χ1) is 16.8. The number of nitrogens with two attached hydrogens (primary N) is 1. The van der Waals surface area contributed by atoms with E-state index in [-0.39, 0.29) is 5.75 Å². The van der Waals surface area contributed by atoms with Gasteiger partial charge in [0.2, 0.25) is 5.91 Å². The Hall–Kier alpha value is -3.61. The van der Waals surface area contributed by atoms with E-state index in [2.05, 4.69) is 9.30 Å². The molecule has 8 heteroatoms. The van der Waals surface area contributed by atoms with Crippen LogP contribution in [0.1, 0.15) is 15.9 Å². The minimum absolute atomic E-state index is 0.0849. The molecule has 5 aromatic rings. The number of ether oxygens (including phenoxy) is 1. The summed E-state index contributed by atoms with van der Waals surface area (Å²) in [5.41, 5.74) is 10.4. The number of benzene rings is 4. The summed E-state index contributed by atoms with van der Waals surface area (Å²) in [5, 5.41) is 2.67. The zero-order valence-electron chi connectivity index (χ0n) is 18.1. The van der Waals surface area contributed by atoms with Crippen molar-refractivity contribution < 1.29 is 18.3 Å². The molecule has 4 nitrogen and oxygen atoms in total. The van der Waals surface area contributed by atoms with Gasteiger partial charge in [-0.25, -0.2) is 0 Å². The summed E-state index contributed by atoms with van der Waals surface area (Å²) in [5.74, 6) is -0.436. The van der Waals surface area contributed by atoms with E-state index in [0.717, 1.165) is 38.5 Å². The molecule has 5 rings (SSSR count). The Morgan fingerprint density at radius 1 is 0.943 bits per heavy atom. The van der Waals surface area contributed by atoms with Crippen molar-refractivity contribution in [1.29, 1.82) is 0 Å². The largest absolute Gasteiger partial charge is 0.435 e. The van der Waals surface area contributed by atoms with Gasteiger partial charge in [-0.3, -0.25) is 4.79 Å². The van der Waals surface area contributed by atoms with Crippen LogP contribution in [0.3, 0.4) is 0 Å². The van der Waals surface area contributed by atoms with Crippen molar-refractivity contribution in [3.8, 4) is 16.9 Å². The van der Waals surface area contributed by atoms with Gasteiger partial charge in [0.15, 0.2) is 0 Å². The van der Waals surface area contributed by atoms with Crippen LogP contribution < -0.4 is 10.5 Å². The number of primary amides is 1. The second kappa shape index (κ2) is 9.21. The van der Waals surface area contributed by atoms with Gasteiger partial charge in [0, 0.05) is 38.5 Å². The first kappa shape index (κ1) is 23.1. The SMILES string of the molecule is NC(=O)c1cccc2c1c1ccc(-c3ccc(Cl)cc3Cl)cc1n2Cc1ccc(OC(F)F)cc1. The monoisotopic (exact) mass is 510 g/mol. The minimum atomic E-state index is -2.89. The van der Waals surface area contributed by atoms with Crippen molar-refractivity contribution in [3.05, 3.63) is 100 Å². The van der Waals surface area contributed by atoms with Gasteiger partial charge in [-0.15, -0.1) is 0 Å². The quantitative estimate of drug-likeness (QED) is 0.256. The number of aromatic nitrogens is 1. The molecule has 0 aliphatic rings. The van der Waals surface area contributed by atoms with Crippen molar-refractivity contribution in [1.82, 2.24) is 4.57 Å². The van der Waals surface area contributed by atoms with E-state index in [1.807, 2.05) is 30.3 Å². The Labute approximate surface area is 209 Å². The van der Waals surface area contributed by atoms with E-state index in [1.54, 1.807) is 36.4 Å². The highest BCUT2D eigenvalue weighted by Crippen LogP contribution is 2.37. The molecule has 4 aromatic carbocycles. The Balaban J connectivity index is 1.70. The number of fused-ring (bicyclic) bond motifs is 3. The molecule has 0 spiro atoms. The van der Waals surface area contributed by atoms with Crippen LogP contribution in [-0.2, 0) is 6.54 Å². The van der Waals surface area contributed by atoms with Crippen LogP contribution in [0.4, 0.5) is 8.78 Å². The van der Waals surface area contributed by atoms with Gasteiger partial charge in [-0.1, -0.05) is 59.6 Å². The highest BCUT2D eigenvalue weighted by Gasteiger charge is 2.18. The summed E-state index contributed by atoms with van der Waals surface area (Å²) in [6.45, 7) is -2.46. The van der Waals surface area contributed by atoms with Crippen molar-refractivity contribution in [2.24, 2.45) is 5.73 Å². The molecule has 0 aliphatic heterocycles. The van der Waals surface area contributed by atoms with Crippen LogP contribution >= 0.6 is 23.2 Å². The predicted molar refractivity (Wildman–Crippen MR) is 136 cm³/mol. The fraction of sp³-hybridized carbons (Fsp3) is 0.0741. The topological polar surface area (TPSA) is 57.2 Å². The van der Waals surface area contributed by atoms with Crippen molar-refractivity contribution in [2.45, 2.75) is 13.2 Å². The van der Waals surface area contributed by atoms with Crippen LogP contribution in [0.2, 0.25) is 10.0 Å². The average Bonchev–Trinajstić information content (AvgIpc) is 3.13. The number of nitrogens with zero attached hydrogens (tertiary/aromatic N) is 1. The maximum Gasteiger partial charge on any atom is 0.387 e. The minimum Gasteiger partial charge on any atom is -0.435 e. The van der Waals surface area contributed by atoms with Gasteiger partial charge >= 0.3 is 6.61 Å². The highest BCUT2D eigenvalue weighted by molar-refractivity contribution is 6.36. The van der Waals surface area contributed by atoms with E-state index >= 15 is 0 Å². The van der Waals surface area contributed by atoms with E-state index in [4.69, 9.17) is 28.9 Å². The lowest BCUT2D eigenvalue weighted by molar-refractivity contribution is -0.0498. The Bertz CT molecular complexity index is 1580. The zero-order chi connectivity index (χ0) is 24.7. The second-order valence-electron chi connectivity index (χ2n) is 8.03. The molecule has 35 heavy (non-hydrogen) atoms. The van der Waals surface area contributed by atoms with Crippen LogP contribution in [0.25, 0.3) is 32.9 Å². The fourth-order valence-corrected chi connectivity index (χ4v) is 4.89. The Morgan fingerprint density at radius 2 is 1.71 bits per heavy atom. The number of amides is 1. The fourth-order valence-electron chi connectivity index (χ4n) is 4.37. The van der Waals surface area contributed by atoms with Gasteiger partial charge in [0.1, 0.15) is 5.75 Å². The third-order valence-corrected chi connectivity index (χ3v) is 6.44. The molecule has 0 saturated carbocycles. The number of hydrogen-bond acceptors (Lipinski definition) is 2. The lowest BCUT2D eigenvalue weighted by Gasteiger charge is -2.11. The van der Waals surface area contributed by atoms with Crippen molar-refractivity contribution in [2.75, 3.05) is 0 Å². The summed E-state index contributed by atoms with van der Waals surface area (Å²) in [6, 6.07) is 23.1. The molecule has 0 fully saturated rings. The van der Waals surface area contributed by atoms with E-state index in [0.29, 0.717) is 22.2 Å². The molecular formula is C27H18Cl2F2N2O2. The molecule has 2 N–H and O–H groups in total. The van der Waals surface area contributed by atoms with Gasteiger partial charge in [0.05, 0.1) is 11.0 Å². The zero-order valence-corrected chi connectivity index (χ0v) is 19.7. The van der Waals surface area contributed by atoms with Gasteiger partial charge in [-0.2, -0.15) is 8.78 Å². The van der Waals surface area contributed by atoms with Gasteiger partial charge in [0.25, 0.3) is 0 Å². The Morgan fingerprint density at radius 3 is 2.40 bits per heavy atom. The highest BCUT2D eigenvalue weighted by atomic mass is 35.5. The summed E-state index contributed by atoms with van der Waals surface area (Å²) in [7, 11) is 0. The smallest absolute Gasteiger partial charge is 0.387 e. The first-order valence-corrected chi connectivity index (χ1v) is 11.4. The number of rotatable bonds is 6.